The number of benzene rings is 1. The van der Waals surface area contributed by atoms with Crippen molar-refractivity contribution in [2.45, 2.75) is 83.4 Å². The molecular weight excluding hydrogens is 404 g/mol. The van der Waals surface area contributed by atoms with Crippen molar-refractivity contribution < 1.29 is 22.3 Å². The van der Waals surface area contributed by atoms with Crippen LogP contribution in [0, 0.1) is 35.4 Å². The quantitative estimate of drug-likeness (QED) is 0.331. The molecule has 0 aromatic heterocycles. The average molecular weight is 439 g/mol. The van der Waals surface area contributed by atoms with E-state index >= 15 is 0 Å². The molecule has 172 valence electrons. The van der Waals surface area contributed by atoms with E-state index in [0.29, 0.717) is 5.92 Å². The van der Waals surface area contributed by atoms with E-state index in [4.69, 9.17) is 0 Å². The topological polar surface area (TPSA) is 9.23 Å². The molecule has 0 radical (unpaired) electrons. The third kappa shape index (κ3) is 5.46. The van der Waals surface area contributed by atoms with Crippen LogP contribution in [0.2, 0.25) is 0 Å². The lowest BCUT2D eigenvalue weighted by atomic mass is 9.55. The van der Waals surface area contributed by atoms with E-state index in [1.807, 2.05) is 0 Å². The number of hydrogen-bond acceptors (Lipinski definition) is 1. The summed E-state index contributed by atoms with van der Waals surface area (Å²) in [4.78, 5) is 0. The Hall–Kier alpha value is -1.52. The van der Waals surface area contributed by atoms with Gasteiger partial charge in [-0.3, -0.25) is 0 Å². The summed E-state index contributed by atoms with van der Waals surface area (Å²) in [6, 6.07) is 4.01. The van der Waals surface area contributed by atoms with E-state index in [9.17, 15) is 17.6 Å². The van der Waals surface area contributed by atoms with Crippen LogP contribution in [0.4, 0.5) is 17.6 Å². The maximum absolute atomic E-state index is 14.2. The standard InChI is InChI=1S/C26H34F4O/c1-2-3-4-5-17-6-11-22-20(14-17)7-8-21-15-18(9-12-23(21)22)19-10-13-25(24(27)16-19)31-26(28,29)30/h2-3,10,13,16-18,20-23H,4-9,11-12,14-15H2,1H3/b3-2+. The first-order valence-corrected chi connectivity index (χ1v) is 12.0. The fraction of sp³-hybridized carbons (Fsp3) is 0.692. The second kappa shape index (κ2) is 9.54. The van der Waals surface area contributed by atoms with Gasteiger partial charge in [0.15, 0.2) is 11.6 Å². The highest BCUT2D eigenvalue weighted by Gasteiger charge is 2.44. The SMILES string of the molecule is C/C=C/CCC1CCC2C(CCC3CC(c4ccc(OC(F)(F)F)c(F)c4)CCC32)C1. The summed E-state index contributed by atoms with van der Waals surface area (Å²) in [5, 5.41) is 0. The predicted octanol–water partition coefficient (Wildman–Crippen LogP) is 8.41. The minimum Gasteiger partial charge on any atom is -0.403 e. The zero-order chi connectivity index (χ0) is 22.0. The molecule has 6 unspecified atom stereocenters. The van der Waals surface area contributed by atoms with E-state index in [0.717, 1.165) is 48.1 Å². The van der Waals surface area contributed by atoms with Crippen molar-refractivity contribution >= 4 is 0 Å². The Morgan fingerprint density at radius 1 is 0.968 bits per heavy atom. The van der Waals surface area contributed by atoms with Gasteiger partial charge >= 0.3 is 6.36 Å². The Morgan fingerprint density at radius 2 is 1.68 bits per heavy atom. The molecule has 0 bridgehead atoms. The molecule has 0 aliphatic heterocycles. The van der Waals surface area contributed by atoms with Crippen LogP contribution in [0.3, 0.4) is 0 Å². The Kier molecular flexibility index (Phi) is 6.98. The van der Waals surface area contributed by atoms with Crippen LogP contribution in [-0.4, -0.2) is 6.36 Å². The number of rotatable bonds is 5. The lowest BCUT2D eigenvalue weighted by Gasteiger charge is -2.51. The number of halogens is 4. The van der Waals surface area contributed by atoms with Gasteiger partial charge in [-0.05, 0) is 118 Å². The average Bonchev–Trinajstić information content (AvgIpc) is 2.74. The van der Waals surface area contributed by atoms with E-state index in [1.165, 1.54) is 57.4 Å². The van der Waals surface area contributed by atoms with Crippen LogP contribution < -0.4 is 4.74 Å². The zero-order valence-electron chi connectivity index (χ0n) is 18.3. The smallest absolute Gasteiger partial charge is 0.403 e. The minimum absolute atomic E-state index is 0.240. The summed E-state index contributed by atoms with van der Waals surface area (Å²) in [6.07, 6.45) is 12.0. The fourth-order valence-electron chi connectivity index (χ4n) is 6.93. The second-order valence-corrected chi connectivity index (χ2v) is 10.00. The molecule has 5 heteroatoms. The first-order chi connectivity index (χ1) is 14.8. The normalized spacial score (nSPS) is 33.7. The molecule has 6 atom stereocenters. The van der Waals surface area contributed by atoms with Gasteiger partial charge in [0.25, 0.3) is 0 Å². The van der Waals surface area contributed by atoms with Crippen molar-refractivity contribution in [3.63, 3.8) is 0 Å². The molecule has 1 aromatic rings. The summed E-state index contributed by atoms with van der Waals surface area (Å²) in [5.41, 5.74) is 0.820. The lowest BCUT2D eigenvalue weighted by molar-refractivity contribution is -0.275. The Bertz CT molecular complexity index is 771. The molecule has 0 heterocycles. The summed E-state index contributed by atoms with van der Waals surface area (Å²) >= 11 is 0. The summed E-state index contributed by atoms with van der Waals surface area (Å²) < 4.78 is 55.2. The van der Waals surface area contributed by atoms with E-state index in [2.05, 4.69) is 23.8 Å². The molecule has 3 saturated carbocycles. The molecule has 0 spiro atoms. The van der Waals surface area contributed by atoms with Crippen LogP contribution in [0.1, 0.15) is 82.6 Å². The van der Waals surface area contributed by atoms with Gasteiger partial charge in [-0.25, -0.2) is 4.39 Å². The van der Waals surface area contributed by atoms with Crippen LogP contribution in [-0.2, 0) is 0 Å². The Labute approximate surface area is 183 Å². The van der Waals surface area contributed by atoms with Crippen molar-refractivity contribution in [2.75, 3.05) is 0 Å². The molecule has 0 saturated heterocycles. The molecule has 3 fully saturated rings. The first-order valence-electron chi connectivity index (χ1n) is 12.0. The largest absolute Gasteiger partial charge is 0.573 e. The summed E-state index contributed by atoms with van der Waals surface area (Å²) in [5.74, 6) is 2.64. The monoisotopic (exact) mass is 438 g/mol. The Balaban J connectivity index is 1.35. The van der Waals surface area contributed by atoms with Gasteiger partial charge in [-0.2, -0.15) is 0 Å². The van der Waals surface area contributed by atoms with Crippen molar-refractivity contribution in [1.29, 1.82) is 0 Å². The number of allylic oxidation sites excluding steroid dienone is 2. The van der Waals surface area contributed by atoms with Gasteiger partial charge < -0.3 is 4.74 Å². The minimum atomic E-state index is -4.87. The first kappa shape index (κ1) is 22.7. The number of hydrogen-bond donors (Lipinski definition) is 0. The molecule has 1 nitrogen and oxygen atoms in total. The van der Waals surface area contributed by atoms with Gasteiger partial charge in [0.2, 0.25) is 0 Å². The van der Waals surface area contributed by atoms with Crippen molar-refractivity contribution in [1.82, 2.24) is 0 Å². The van der Waals surface area contributed by atoms with E-state index in [-0.39, 0.29) is 5.92 Å². The Morgan fingerprint density at radius 3 is 2.35 bits per heavy atom. The molecule has 0 amide bonds. The molecule has 31 heavy (non-hydrogen) atoms. The third-order valence-electron chi connectivity index (χ3n) is 8.28. The van der Waals surface area contributed by atoms with Gasteiger partial charge in [0, 0.05) is 0 Å². The zero-order valence-corrected chi connectivity index (χ0v) is 18.3. The van der Waals surface area contributed by atoms with Gasteiger partial charge in [-0.1, -0.05) is 24.6 Å². The van der Waals surface area contributed by atoms with Crippen LogP contribution in [0.15, 0.2) is 30.4 Å². The maximum Gasteiger partial charge on any atom is 0.573 e. The highest BCUT2D eigenvalue weighted by molar-refractivity contribution is 5.32. The molecule has 3 aliphatic carbocycles. The fourth-order valence-corrected chi connectivity index (χ4v) is 6.93. The van der Waals surface area contributed by atoms with Crippen LogP contribution >= 0.6 is 0 Å². The molecule has 1 aromatic carbocycles. The molecule has 0 N–H and O–H groups in total. The number of ether oxygens (including phenoxy) is 1. The molecular formula is C26H34F4O. The summed E-state index contributed by atoms with van der Waals surface area (Å²) in [7, 11) is 0. The van der Waals surface area contributed by atoms with Crippen LogP contribution in [0.5, 0.6) is 5.75 Å². The highest BCUT2D eigenvalue weighted by atomic mass is 19.4. The van der Waals surface area contributed by atoms with Gasteiger partial charge in [0.05, 0.1) is 0 Å². The lowest BCUT2D eigenvalue weighted by Crippen LogP contribution is -2.41. The predicted molar refractivity (Wildman–Crippen MR) is 114 cm³/mol. The second-order valence-electron chi connectivity index (χ2n) is 10.00. The van der Waals surface area contributed by atoms with Gasteiger partial charge in [0.1, 0.15) is 0 Å². The molecule has 4 rings (SSSR count). The maximum atomic E-state index is 14.2. The van der Waals surface area contributed by atoms with E-state index < -0.39 is 17.9 Å². The van der Waals surface area contributed by atoms with Crippen LogP contribution in [0.25, 0.3) is 0 Å². The number of alkyl halides is 3. The number of fused-ring (bicyclic) bond motifs is 3. The van der Waals surface area contributed by atoms with Crippen molar-refractivity contribution in [3.8, 4) is 5.75 Å². The third-order valence-corrected chi connectivity index (χ3v) is 8.28. The molecule has 3 aliphatic rings. The summed E-state index contributed by atoms with van der Waals surface area (Å²) in [6.45, 7) is 2.09. The van der Waals surface area contributed by atoms with E-state index in [1.54, 1.807) is 6.07 Å². The van der Waals surface area contributed by atoms with Gasteiger partial charge in [-0.15, -0.1) is 13.2 Å². The van der Waals surface area contributed by atoms with Crippen molar-refractivity contribution in [3.05, 3.63) is 41.7 Å². The van der Waals surface area contributed by atoms with Crippen molar-refractivity contribution in [2.24, 2.45) is 29.6 Å². The highest BCUT2D eigenvalue weighted by Crippen LogP contribution is 2.55.